The highest BCUT2D eigenvalue weighted by molar-refractivity contribution is 7.85. The summed E-state index contributed by atoms with van der Waals surface area (Å²) in [5.41, 5.74) is 10.7. The molecular formula is C22H34N2O7S. The van der Waals surface area contributed by atoms with Crippen LogP contribution in [0.3, 0.4) is 0 Å². The van der Waals surface area contributed by atoms with Gasteiger partial charge in [0.25, 0.3) is 10.1 Å². The summed E-state index contributed by atoms with van der Waals surface area (Å²) < 4.78 is 34.9. The molecule has 0 saturated heterocycles. The first-order valence-electron chi connectivity index (χ1n) is 10.9. The van der Waals surface area contributed by atoms with Crippen molar-refractivity contribution in [1.29, 1.82) is 0 Å². The van der Waals surface area contributed by atoms with Crippen molar-refractivity contribution in [3.63, 3.8) is 0 Å². The van der Waals surface area contributed by atoms with E-state index in [4.69, 9.17) is 25.9 Å². The Hall–Kier alpha value is -2.01. The Morgan fingerprint density at radius 1 is 0.938 bits per heavy atom. The number of nitrogens with two attached hydrogens (primary N) is 2. The van der Waals surface area contributed by atoms with Crippen LogP contribution in [0.2, 0.25) is 0 Å². The molecule has 3 aliphatic carbocycles. The van der Waals surface area contributed by atoms with E-state index in [0.717, 1.165) is 44.1 Å². The molecule has 6 N–H and O–H groups in total. The molecule has 4 rings (SSSR count). The molecule has 0 unspecified atom stereocenters. The minimum atomic E-state index is -4.02. The van der Waals surface area contributed by atoms with Crippen LogP contribution >= 0.6 is 0 Å². The van der Waals surface area contributed by atoms with Gasteiger partial charge in [0.2, 0.25) is 0 Å². The third-order valence-corrected chi connectivity index (χ3v) is 7.09. The van der Waals surface area contributed by atoms with E-state index in [2.05, 4.69) is 0 Å². The van der Waals surface area contributed by atoms with Crippen LogP contribution in [0.1, 0.15) is 69.8 Å². The molecule has 1 aromatic carbocycles. The number of aliphatic carboxylic acids is 1. The smallest absolute Gasteiger partial charge is 0.326 e. The number of aryl methyl sites for hydroxylation is 1. The molecular weight excluding hydrogens is 436 g/mol. The lowest BCUT2D eigenvalue weighted by atomic mass is 9.78. The number of hydrogen-bond acceptors (Lipinski definition) is 7. The van der Waals surface area contributed by atoms with Crippen molar-refractivity contribution >= 4 is 22.1 Å². The maximum atomic E-state index is 11.6. The van der Waals surface area contributed by atoms with E-state index in [1.807, 2.05) is 6.92 Å². The largest absolute Gasteiger partial charge is 0.480 e. The lowest BCUT2D eigenvalue weighted by Crippen LogP contribution is -2.55. The molecule has 0 amide bonds. The van der Waals surface area contributed by atoms with Crippen molar-refractivity contribution in [1.82, 2.24) is 0 Å². The van der Waals surface area contributed by atoms with Gasteiger partial charge in [-0.05, 0) is 83.3 Å². The summed E-state index contributed by atoms with van der Waals surface area (Å²) in [6.45, 7) is 1.84. The van der Waals surface area contributed by atoms with Crippen molar-refractivity contribution in [3.05, 3.63) is 29.8 Å². The van der Waals surface area contributed by atoms with Crippen molar-refractivity contribution in [2.75, 3.05) is 0 Å². The van der Waals surface area contributed by atoms with Gasteiger partial charge in [-0.3, -0.25) is 14.1 Å². The van der Waals surface area contributed by atoms with Crippen molar-refractivity contribution in [3.8, 4) is 0 Å². The number of carbonyl (C=O) groups excluding carboxylic acids is 1. The number of carbonyl (C=O) groups is 2. The van der Waals surface area contributed by atoms with E-state index < -0.39 is 27.2 Å². The number of carboxylic acid groups (broad SMARTS) is 1. The zero-order chi connectivity index (χ0) is 24.0. The molecule has 0 atom stereocenters. The summed E-state index contributed by atoms with van der Waals surface area (Å²) in [6, 6.07) is 5.99. The van der Waals surface area contributed by atoms with Gasteiger partial charge in [0.05, 0.1) is 4.90 Å². The van der Waals surface area contributed by atoms with Crippen LogP contribution in [-0.2, 0) is 24.4 Å². The molecule has 0 heterocycles. The van der Waals surface area contributed by atoms with Gasteiger partial charge < -0.3 is 21.3 Å². The second kappa shape index (κ2) is 10.7. The number of carboxylic acids is 1. The molecule has 1 aromatic rings. The van der Waals surface area contributed by atoms with Gasteiger partial charge in [-0.1, -0.05) is 17.7 Å². The van der Waals surface area contributed by atoms with Gasteiger partial charge >= 0.3 is 11.9 Å². The number of ether oxygens (including phenoxy) is 1. The predicted octanol–water partition coefficient (Wildman–Crippen LogP) is 2.55. The topological polar surface area (TPSA) is 170 Å². The first-order chi connectivity index (χ1) is 14.9. The zero-order valence-corrected chi connectivity index (χ0v) is 19.3. The molecule has 32 heavy (non-hydrogen) atoms. The maximum absolute atomic E-state index is 11.6. The standard InChI is InChI=1S/C10H17NO2.C7H8O3S.C5H9NO2/c11-10(6-3-7-10)9(12)13-8-4-1-2-5-8;1-6-2-4-7(5-3-6)11(8,9)10;6-5(4(7)8)2-1-3-5/h8H,1-7,11H2;2-5H,1H3,(H,8,9,10);1-3,6H2,(H,7,8). The molecule has 0 spiro atoms. The van der Waals surface area contributed by atoms with Gasteiger partial charge in [0, 0.05) is 0 Å². The third kappa shape index (κ3) is 7.26. The highest BCUT2D eigenvalue weighted by Crippen LogP contribution is 2.32. The quantitative estimate of drug-likeness (QED) is 0.381. The summed E-state index contributed by atoms with van der Waals surface area (Å²) in [4.78, 5) is 21.7. The monoisotopic (exact) mass is 470 g/mol. The minimum Gasteiger partial charge on any atom is -0.480 e. The average molecular weight is 471 g/mol. The van der Waals surface area contributed by atoms with Crippen LogP contribution in [0.4, 0.5) is 0 Å². The summed E-state index contributed by atoms with van der Waals surface area (Å²) >= 11 is 0. The molecule has 9 nitrogen and oxygen atoms in total. The first-order valence-corrected chi connectivity index (χ1v) is 12.4. The number of benzene rings is 1. The SMILES string of the molecule is Cc1ccc(S(=O)(=O)O)cc1.NC1(C(=O)O)CCC1.NC1(C(=O)OC2CCCC2)CCC1. The molecule has 3 aliphatic rings. The first kappa shape index (κ1) is 26.2. The van der Waals surface area contributed by atoms with E-state index in [-0.39, 0.29) is 17.0 Å². The van der Waals surface area contributed by atoms with E-state index in [1.54, 1.807) is 12.1 Å². The van der Waals surface area contributed by atoms with E-state index in [9.17, 15) is 18.0 Å². The third-order valence-electron chi connectivity index (χ3n) is 6.22. The van der Waals surface area contributed by atoms with Gasteiger partial charge in [-0.15, -0.1) is 0 Å². The van der Waals surface area contributed by atoms with Crippen molar-refractivity contribution < 1.29 is 32.4 Å². The lowest BCUT2D eigenvalue weighted by Gasteiger charge is -2.35. The van der Waals surface area contributed by atoms with Gasteiger partial charge in [-0.2, -0.15) is 8.42 Å². The second-order valence-corrected chi connectivity index (χ2v) is 10.3. The molecule has 0 radical (unpaired) electrons. The van der Waals surface area contributed by atoms with Crippen LogP contribution in [0.5, 0.6) is 0 Å². The summed E-state index contributed by atoms with van der Waals surface area (Å²) in [5, 5.41) is 8.37. The molecule has 0 aliphatic heterocycles. The average Bonchev–Trinajstić information content (AvgIpc) is 3.17. The van der Waals surface area contributed by atoms with Gasteiger partial charge in [-0.25, -0.2) is 0 Å². The van der Waals surface area contributed by atoms with Crippen LogP contribution < -0.4 is 11.5 Å². The minimum absolute atomic E-state index is 0.0666. The molecule has 3 fully saturated rings. The fourth-order valence-corrected chi connectivity index (χ4v) is 4.00. The summed E-state index contributed by atoms with van der Waals surface area (Å²) in [5.74, 6) is -1.02. The second-order valence-electron chi connectivity index (χ2n) is 8.92. The van der Waals surface area contributed by atoms with Crippen molar-refractivity contribution in [2.24, 2.45) is 11.5 Å². The number of rotatable bonds is 4. The predicted molar refractivity (Wildman–Crippen MR) is 119 cm³/mol. The lowest BCUT2D eigenvalue weighted by molar-refractivity contribution is -0.158. The number of hydrogen-bond donors (Lipinski definition) is 4. The fraction of sp³-hybridized carbons (Fsp3) is 0.636. The molecule has 180 valence electrons. The van der Waals surface area contributed by atoms with Crippen LogP contribution in [0, 0.1) is 6.92 Å². The Morgan fingerprint density at radius 2 is 1.41 bits per heavy atom. The Bertz CT molecular complexity index is 885. The number of esters is 1. The Morgan fingerprint density at radius 3 is 1.72 bits per heavy atom. The fourth-order valence-electron chi connectivity index (χ4n) is 3.52. The Balaban J connectivity index is 0.000000175. The normalized spacial score (nSPS) is 20.9. The highest BCUT2D eigenvalue weighted by Gasteiger charge is 2.43. The molecule has 0 bridgehead atoms. The Labute approximate surface area is 189 Å². The van der Waals surface area contributed by atoms with Crippen LogP contribution in [0.25, 0.3) is 0 Å². The molecule has 10 heteroatoms. The molecule has 0 aromatic heterocycles. The van der Waals surface area contributed by atoms with E-state index in [1.165, 1.54) is 25.0 Å². The molecule has 3 saturated carbocycles. The summed E-state index contributed by atoms with van der Waals surface area (Å²) in [6.07, 6.45) is 9.52. The van der Waals surface area contributed by atoms with Gasteiger partial charge in [0.15, 0.2) is 0 Å². The van der Waals surface area contributed by atoms with Gasteiger partial charge in [0.1, 0.15) is 17.2 Å². The maximum Gasteiger partial charge on any atom is 0.326 e. The highest BCUT2D eigenvalue weighted by atomic mass is 32.2. The van der Waals surface area contributed by atoms with Crippen LogP contribution in [0.15, 0.2) is 29.2 Å². The zero-order valence-electron chi connectivity index (χ0n) is 18.5. The van der Waals surface area contributed by atoms with E-state index in [0.29, 0.717) is 12.8 Å². The Kier molecular flexibility index (Phi) is 8.81. The van der Waals surface area contributed by atoms with Crippen molar-refractivity contribution in [2.45, 2.75) is 93.2 Å². The van der Waals surface area contributed by atoms with Crippen LogP contribution in [-0.4, -0.2) is 47.2 Å². The summed E-state index contributed by atoms with van der Waals surface area (Å²) in [7, 11) is -4.02. The van der Waals surface area contributed by atoms with E-state index >= 15 is 0 Å².